The highest BCUT2D eigenvalue weighted by Crippen LogP contribution is 2.42. The maximum atomic E-state index is 13.0. The maximum Gasteiger partial charge on any atom is 0.227 e. The molecular weight excluding hydrogens is 370 g/mol. The first-order chi connectivity index (χ1) is 13.5. The van der Waals surface area contributed by atoms with Crippen molar-refractivity contribution in [1.29, 1.82) is 0 Å². The zero-order chi connectivity index (χ0) is 19.8. The van der Waals surface area contributed by atoms with Crippen molar-refractivity contribution in [3.63, 3.8) is 0 Å². The van der Waals surface area contributed by atoms with Crippen LogP contribution in [-0.4, -0.2) is 39.9 Å². The molecule has 1 aliphatic carbocycles. The third-order valence-electron chi connectivity index (χ3n) is 5.62. The highest BCUT2D eigenvalue weighted by atomic mass is 32.2. The lowest BCUT2D eigenvalue weighted by molar-refractivity contribution is -0.117. The summed E-state index contributed by atoms with van der Waals surface area (Å²) in [7, 11) is 0. The zero-order valence-electron chi connectivity index (χ0n) is 16.9. The molecule has 7 heteroatoms. The largest absolute Gasteiger partial charge is 0.372 e. The number of carbonyl (C=O) groups is 1. The second-order valence-electron chi connectivity index (χ2n) is 7.49. The van der Waals surface area contributed by atoms with Crippen LogP contribution in [0.3, 0.4) is 0 Å². The van der Waals surface area contributed by atoms with E-state index in [9.17, 15) is 4.79 Å². The van der Waals surface area contributed by atoms with E-state index in [4.69, 9.17) is 0 Å². The van der Waals surface area contributed by atoms with Crippen LogP contribution in [0.2, 0.25) is 0 Å². The molecule has 2 aromatic rings. The molecule has 0 amide bonds. The Morgan fingerprint density at radius 2 is 1.93 bits per heavy atom. The highest BCUT2D eigenvalue weighted by Gasteiger charge is 2.38. The Labute approximate surface area is 170 Å². The van der Waals surface area contributed by atoms with E-state index in [1.807, 2.05) is 10.9 Å². The normalized spacial score (nSPS) is 21.2. The lowest BCUT2D eigenvalue weighted by Gasteiger charge is -2.34. The number of thioether (sulfide) groups is 1. The Balaban J connectivity index is 1.80. The molecule has 0 saturated heterocycles. The molecule has 0 unspecified atom stereocenters. The molecule has 0 saturated carbocycles. The first-order valence-electron chi connectivity index (χ1n) is 9.94. The van der Waals surface area contributed by atoms with Gasteiger partial charge in [-0.2, -0.15) is 4.98 Å². The standard InChI is InChI=1S/C21H27N5OS/c1-5-25(6-2)15-9-7-14(8-10-15)19-18-16(11-13(3)12-17(18)27)22-20-23-21(28-4)24-26(19)20/h7-10,13,19H,5-6,11-12H2,1-4H3,(H,22,23,24)/t13-,19+/m0/s1. The minimum atomic E-state index is -0.217. The Kier molecular flexibility index (Phi) is 5.19. The monoisotopic (exact) mass is 397 g/mol. The smallest absolute Gasteiger partial charge is 0.227 e. The number of rotatable bonds is 5. The Bertz CT molecular complexity index is 913. The van der Waals surface area contributed by atoms with Gasteiger partial charge in [-0.05, 0) is 50.1 Å². The van der Waals surface area contributed by atoms with Crippen LogP contribution >= 0.6 is 11.8 Å². The quantitative estimate of drug-likeness (QED) is 0.766. The van der Waals surface area contributed by atoms with Crippen LogP contribution in [0.1, 0.15) is 45.2 Å². The molecule has 0 bridgehead atoms. The molecule has 1 N–H and O–H groups in total. The van der Waals surface area contributed by atoms with Gasteiger partial charge in [0.05, 0.1) is 0 Å². The van der Waals surface area contributed by atoms with Crippen molar-refractivity contribution in [1.82, 2.24) is 14.8 Å². The number of aromatic nitrogens is 3. The predicted molar refractivity (Wildman–Crippen MR) is 114 cm³/mol. The molecular formula is C21H27N5OS. The molecule has 0 fully saturated rings. The molecule has 148 valence electrons. The second kappa shape index (κ2) is 7.62. The lowest BCUT2D eigenvalue weighted by Crippen LogP contribution is -2.33. The van der Waals surface area contributed by atoms with E-state index < -0.39 is 0 Å². The number of Topliss-reactive ketones (excluding diaryl/α,β-unsaturated/α-hetero) is 1. The fraction of sp³-hybridized carbons (Fsp3) is 0.476. The molecule has 2 heterocycles. The summed E-state index contributed by atoms with van der Waals surface area (Å²) in [6.07, 6.45) is 3.43. The van der Waals surface area contributed by atoms with Crippen molar-refractivity contribution in [2.75, 3.05) is 29.6 Å². The zero-order valence-corrected chi connectivity index (χ0v) is 17.7. The van der Waals surface area contributed by atoms with Gasteiger partial charge in [0, 0.05) is 36.5 Å². The molecule has 4 rings (SSSR count). The molecule has 1 aromatic heterocycles. The van der Waals surface area contributed by atoms with Crippen molar-refractivity contribution in [2.24, 2.45) is 5.92 Å². The number of ketones is 1. The summed E-state index contributed by atoms with van der Waals surface area (Å²) in [5, 5.41) is 8.77. The van der Waals surface area contributed by atoms with E-state index in [0.717, 1.165) is 42.3 Å². The van der Waals surface area contributed by atoms with Gasteiger partial charge in [-0.3, -0.25) is 4.79 Å². The Hall–Kier alpha value is -2.28. The van der Waals surface area contributed by atoms with Gasteiger partial charge in [0.1, 0.15) is 6.04 Å². The van der Waals surface area contributed by atoms with Crippen molar-refractivity contribution in [3.8, 4) is 0 Å². The van der Waals surface area contributed by atoms with Crippen molar-refractivity contribution >= 4 is 29.2 Å². The van der Waals surface area contributed by atoms with E-state index in [2.05, 4.69) is 65.3 Å². The van der Waals surface area contributed by atoms with Gasteiger partial charge in [0.15, 0.2) is 5.78 Å². The summed E-state index contributed by atoms with van der Waals surface area (Å²) >= 11 is 1.51. The van der Waals surface area contributed by atoms with Gasteiger partial charge >= 0.3 is 0 Å². The first kappa shape index (κ1) is 19.1. The number of benzene rings is 1. The lowest BCUT2D eigenvalue weighted by atomic mass is 9.81. The molecule has 1 aromatic carbocycles. The summed E-state index contributed by atoms with van der Waals surface area (Å²) in [5.41, 5.74) is 4.13. The van der Waals surface area contributed by atoms with Crippen LogP contribution in [0.25, 0.3) is 0 Å². The summed E-state index contributed by atoms with van der Waals surface area (Å²) in [6.45, 7) is 8.39. The SMILES string of the molecule is CCN(CC)c1ccc([C@@H]2C3=C(C[C@H](C)CC3=O)Nc3nc(SC)nn32)cc1. The van der Waals surface area contributed by atoms with Crippen LogP contribution in [0, 0.1) is 5.92 Å². The number of nitrogens with zero attached hydrogens (tertiary/aromatic N) is 4. The number of nitrogens with one attached hydrogen (secondary N) is 1. The summed E-state index contributed by atoms with van der Waals surface area (Å²) in [5.74, 6) is 1.28. The van der Waals surface area contributed by atoms with E-state index >= 15 is 0 Å². The number of carbonyl (C=O) groups excluding carboxylic acids is 1. The van der Waals surface area contributed by atoms with Gasteiger partial charge in [0.25, 0.3) is 0 Å². The minimum absolute atomic E-state index is 0.214. The fourth-order valence-corrected chi connectivity index (χ4v) is 4.59. The number of anilines is 2. The van der Waals surface area contributed by atoms with Crippen molar-refractivity contribution < 1.29 is 4.79 Å². The fourth-order valence-electron chi connectivity index (χ4n) is 4.24. The van der Waals surface area contributed by atoms with Gasteiger partial charge in [-0.15, -0.1) is 5.10 Å². The van der Waals surface area contributed by atoms with E-state index in [0.29, 0.717) is 17.5 Å². The van der Waals surface area contributed by atoms with Crippen LogP contribution in [0.4, 0.5) is 11.6 Å². The molecule has 0 radical (unpaired) electrons. The molecule has 6 nitrogen and oxygen atoms in total. The molecule has 2 atom stereocenters. The maximum absolute atomic E-state index is 13.0. The predicted octanol–water partition coefficient (Wildman–Crippen LogP) is 4.11. The Morgan fingerprint density at radius 3 is 2.57 bits per heavy atom. The van der Waals surface area contributed by atoms with Crippen molar-refractivity contribution in [3.05, 3.63) is 41.1 Å². The van der Waals surface area contributed by atoms with Gasteiger partial charge in [0.2, 0.25) is 11.1 Å². The third-order valence-corrected chi connectivity index (χ3v) is 6.16. The number of hydrogen-bond donors (Lipinski definition) is 1. The van der Waals surface area contributed by atoms with E-state index in [-0.39, 0.29) is 11.8 Å². The Morgan fingerprint density at radius 1 is 1.21 bits per heavy atom. The first-order valence-corrected chi connectivity index (χ1v) is 11.2. The van der Waals surface area contributed by atoms with Crippen LogP contribution in [-0.2, 0) is 4.79 Å². The molecule has 28 heavy (non-hydrogen) atoms. The van der Waals surface area contributed by atoms with Crippen LogP contribution in [0.15, 0.2) is 40.7 Å². The second-order valence-corrected chi connectivity index (χ2v) is 8.26. The van der Waals surface area contributed by atoms with Crippen LogP contribution in [0.5, 0.6) is 0 Å². The van der Waals surface area contributed by atoms with Crippen LogP contribution < -0.4 is 10.2 Å². The number of fused-ring (bicyclic) bond motifs is 1. The minimum Gasteiger partial charge on any atom is -0.372 e. The average Bonchev–Trinajstić information content (AvgIpc) is 3.10. The summed E-state index contributed by atoms with van der Waals surface area (Å²) in [6, 6.07) is 8.33. The van der Waals surface area contributed by atoms with Gasteiger partial charge < -0.3 is 10.2 Å². The topological polar surface area (TPSA) is 63.1 Å². The van der Waals surface area contributed by atoms with E-state index in [1.165, 1.54) is 17.4 Å². The molecule has 0 spiro atoms. The average molecular weight is 398 g/mol. The number of hydrogen-bond acceptors (Lipinski definition) is 6. The third kappa shape index (κ3) is 3.21. The number of allylic oxidation sites excluding steroid dienone is 2. The molecule has 2 aliphatic rings. The summed E-state index contributed by atoms with van der Waals surface area (Å²) in [4.78, 5) is 19.9. The highest BCUT2D eigenvalue weighted by molar-refractivity contribution is 7.98. The summed E-state index contributed by atoms with van der Waals surface area (Å²) < 4.78 is 1.88. The molecule has 1 aliphatic heterocycles. The van der Waals surface area contributed by atoms with Crippen molar-refractivity contribution in [2.45, 2.75) is 44.8 Å². The van der Waals surface area contributed by atoms with Gasteiger partial charge in [-0.25, -0.2) is 4.68 Å². The van der Waals surface area contributed by atoms with E-state index in [1.54, 1.807) is 0 Å². The van der Waals surface area contributed by atoms with Gasteiger partial charge in [-0.1, -0.05) is 30.8 Å².